The van der Waals surface area contributed by atoms with E-state index in [1.54, 1.807) is 12.1 Å². The lowest BCUT2D eigenvalue weighted by Crippen LogP contribution is -2.26. The van der Waals surface area contributed by atoms with Gasteiger partial charge in [-0.1, -0.05) is 11.6 Å². The number of hydrogen-bond acceptors (Lipinski definition) is 5. The average molecular weight is 325 g/mol. The number of amides is 1. The number of hydrogen-bond donors (Lipinski definition) is 2. The highest BCUT2D eigenvalue weighted by Crippen LogP contribution is 2.22. The minimum atomic E-state index is -0.837. The Morgan fingerprint density at radius 1 is 1.45 bits per heavy atom. The maximum Gasteiger partial charge on any atom is 0.270 e. The molecule has 0 radical (unpaired) electrons. The molecule has 1 atom stereocenters. The van der Waals surface area contributed by atoms with Crippen molar-refractivity contribution in [2.24, 2.45) is 0 Å². The number of aliphatic hydroxyl groups is 1. The third kappa shape index (κ3) is 3.84. The average Bonchev–Trinajstić information content (AvgIpc) is 3.01. The monoisotopic (exact) mass is 324 g/mol. The molecule has 0 saturated carbocycles. The Hall–Kier alpha value is -2.38. The quantitative estimate of drug-likeness (QED) is 0.627. The second-order valence-electron chi connectivity index (χ2n) is 4.50. The van der Waals surface area contributed by atoms with Crippen molar-refractivity contribution in [2.45, 2.75) is 12.5 Å². The number of carbonyl (C=O) groups excluding carboxylic acids is 1. The van der Waals surface area contributed by atoms with Gasteiger partial charge < -0.3 is 14.8 Å². The van der Waals surface area contributed by atoms with Crippen LogP contribution in [-0.4, -0.2) is 22.5 Å². The van der Waals surface area contributed by atoms with E-state index in [9.17, 15) is 20.0 Å². The van der Waals surface area contributed by atoms with Crippen LogP contribution in [0.3, 0.4) is 0 Å². The largest absolute Gasteiger partial charge is 0.467 e. The van der Waals surface area contributed by atoms with Gasteiger partial charge in [-0.15, -0.1) is 0 Å². The predicted molar refractivity (Wildman–Crippen MR) is 78.7 cm³/mol. The molecule has 0 aliphatic heterocycles. The van der Waals surface area contributed by atoms with Crippen LogP contribution in [0, 0.1) is 10.1 Å². The molecule has 0 spiro atoms. The van der Waals surface area contributed by atoms with Gasteiger partial charge in [-0.25, -0.2) is 0 Å². The number of aliphatic hydroxyl groups excluding tert-OH is 1. The molecule has 1 aromatic heterocycles. The Morgan fingerprint density at radius 2 is 2.23 bits per heavy atom. The van der Waals surface area contributed by atoms with E-state index in [-0.39, 0.29) is 29.2 Å². The van der Waals surface area contributed by atoms with Gasteiger partial charge >= 0.3 is 0 Å². The molecule has 2 rings (SSSR count). The first-order valence-corrected chi connectivity index (χ1v) is 6.80. The number of nitrogens with zero attached hydrogens (tertiary/aromatic N) is 1. The summed E-state index contributed by atoms with van der Waals surface area (Å²) in [5, 5.41) is 23.2. The summed E-state index contributed by atoms with van der Waals surface area (Å²) in [7, 11) is 0. The minimum absolute atomic E-state index is 0.0170. The SMILES string of the molecule is O=C(NCCC(O)c1ccco1)c1cc([N+](=O)[O-])ccc1Cl. The third-order valence-corrected chi connectivity index (χ3v) is 3.31. The van der Waals surface area contributed by atoms with E-state index in [4.69, 9.17) is 16.0 Å². The zero-order valence-electron chi connectivity index (χ0n) is 11.4. The molecule has 2 N–H and O–H groups in total. The molecule has 0 aliphatic carbocycles. The maximum absolute atomic E-state index is 12.0. The Balaban J connectivity index is 1.95. The standard InChI is InChI=1S/C14H13ClN2O5/c15-11-4-3-9(17(20)21)8-10(11)14(19)16-6-5-12(18)13-2-1-7-22-13/h1-4,7-8,12,18H,5-6H2,(H,16,19). The number of nitro benzene ring substituents is 1. The molecule has 0 aliphatic rings. The predicted octanol–water partition coefficient (Wildman–Crippen LogP) is 2.69. The van der Waals surface area contributed by atoms with Gasteiger partial charge in [-0.3, -0.25) is 14.9 Å². The van der Waals surface area contributed by atoms with Crippen LogP contribution in [0.4, 0.5) is 5.69 Å². The summed E-state index contributed by atoms with van der Waals surface area (Å²) in [6.45, 7) is 0.166. The van der Waals surface area contributed by atoms with Crippen molar-refractivity contribution in [2.75, 3.05) is 6.54 Å². The molecule has 8 heteroatoms. The van der Waals surface area contributed by atoms with E-state index in [1.165, 1.54) is 18.4 Å². The molecule has 1 aromatic carbocycles. The van der Waals surface area contributed by atoms with Crippen molar-refractivity contribution >= 4 is 23.2 Å². The van der Waals surface area contributed by atoms with Crippen LogP contribution in [0.2, 0.25) is 5.02 Å². The van der Waals surface area contributed by atoms with Crippen LogP contribution in [0.25, 0.3) is 0 Å². The lowest BCUT2D eigenvalue weighted by molar-refractivity contribution is -0.384. The fourth-order valence-electron chi connectivity index (χ4n) is 1.84. The van der Waals surface area contributed by atoms with E-state index in [0.717, 1.165) is 6.07 Å². The molecule has 1 amide bonds. The lowest BCUT2D eigenvalue weighted by Gasteiger charge is -2.09. The number of halogens is 1. The molecule has 0 saturated heterocycles. The molecule has 7 nitrogen and oxygen atoms in total. The van der Waals surface area contributed by atoms with Crippen molar-refractivity contribution in [3.8, 4) is 0 Å². The highest BCUT2D eigenvalue weighted by Gasteiger charge is 2.16. The highest BCUT2D eigenvalue weighted by atomic mass is 35.5. The fraction of sp³-hybridized carbons (Fsp3) is 0.214. The van der Waals surface area contributed by atoms with Gasteiger partial charge in [0.1, 0.15) is 11.9 Å². The zero-order valence-corrected chi connectivity index (χ0v) is 12.1. The smallest absolute Gasteiger partial charge is 0.270 e. The van der Waals surface area contributed by atoms with Crippen molar-refractivity contribution in [3.05, 3.63) is 63.1 Å². The topological polar surface area (TPSA) is 106 Å². The number of nitro groups is 1. The molecule has 2 aromatic rings. The molecule has 0 bridgehead atoms. The Labute approximate surface area is 130 Å². The van der Waals surface area contributed by atoms with E-state index in [1.807, 2.05) is 0 Å². The van der Waals surface area contributed by atoms with Gasteiger partial charge in [-0.2, -0.15) is 0 Å². The van der Waals surface area contributed by atoms with Gasteiger partial charge in [0.2, 0.25) is 0 Å². The van der Waals surface area contributed by atoms with E-state index < -0.39 is 16.9 Å². The number of rotatable bonds is 6. The van der Waals surface area contributed by atoms with E-state index in [0.29, 0.717) is 5.76 Å². The van der Waals surface area contributed by atoms with Crippen molar-refractivity contribution in [1.82, 2.24) is 5.32 Å². The van der Waals surface area contributed by atoms with Crippen LogP contribution < -0.4 is 5.32 Å². The van der Waals surface area contributed by atoms with Crippen molar-refractivity contribution < 1.29 is 19.2 Å². The second kappa shape index (κ2) is 7.06. The number of nitrogens with one attached hydrogen (secondary N) is 1. The first-order chi connectivity index (χ1) is 10.5. The van der Waals surface area contributed by atoms with Crippen molar-refractivity contribution in [3.63, 3.8) is 0 Å². The summed E-state index contributed by atoms with van der Waals surface area (Å²) in [5.74, 6) is -0.136. The second-order valence-corrected chi connectivity index (χ2v) is 4.90. The molecule has 116 valence electrons. The van der Waals surface area contributed by atoms with Crippen LogP contribution >= 0.6 is 11.6 Å². The summed E-state index contributed by atoms with van der Waals surface area (Å²) in [5.41, 5.74) is -0.200. The summed E-state index contributed by atoms with van der Waals surface area (Å²) < 4.78 is 5.04. The van der Waals surface area contributed by atoms with Crippen LogP contribution in [0.5, 0.6) is 0 Å². The summed E-state index contributed by atoms with van der Waals surface area (Å²) in [4.78, 5) is 22.1. The molecule has 1 unspecified atom stereocenters. The number of carbonyl (C=O) groups is 1. The molecular formula is C14H13ClN2O5. The summed E-state index contributed by atoms with van der Waals surface area (Å²) in [6, 6.07) is 6.91. The minimum Gasteiger partial charge on any atom is -0.467 e. The van der Waals surface area contributed by atoms with Gasteiger partial charge in [0.05, 0.1) is 21.8 Å². The Kier molecular flexibility index (Phi) is 5.13. The zero-order chi connectivity index (χ0) is 16.1. The first-order valence-electron chi connectivity index (χ1n) is 6.42. The number of benzene rings is 1. The fourth-order valence-corrected chi connectivity index (χ4v) is 2.04. The molecule has 22 heavy (non-hydrogen) atoms. The number of non-ortho nitro benzene ring substituents is 1. The van der Waals surface area contributed by atoms with Gasteiger partial charge in [0.15, 0.2) is 0 Å². The van der Waals surface area contributed by atoms with E-state index >= 15 is 0 Å². The summed E-state index contributed by atoms with van der Waals surface area (Å²) >= 11 is 5.87. The van der Waals surface area contributed by atoms with Gasteiger partial charge in [0.25, 0.3) is 11.6 Å². The van der Waals surface area contributed by atoms with Crippen LogP contribution in [0.15, 0.2) is 41.0 Å². The van der Waals surface area contributed by atoms with Crippen LogP contribution in [-0.2, 0) is 0 Å². The number of furan rings is 1. The van der Waals surface area contributed by atoms with Gasteiger partial charge in [-0.05, 0) is 24.6 Å². The van der Waals surface area contributed by atoms with Gasteiger partial charge in [0, 0.05) is 18.7 Å². The maximum atomic E-state index is 12.0. The van der Waals surface area contributed by atoms with Crippen molar-refractivity contribution in [1.29, 1.82) is 0 Å². The Morgan fingerprint density at radius 3 is 2.86 bits per heavy atom. The normalized spacial score (nSPS) is 11.9. The summed E-state index contributed by atoms with van der Waals surface area (Å²) in [6.07, 6.45) is 0.849. The third-order valence-electron chi connectivity index (χ3n) is 2.98. The highest BCUT2D eigenvalue weighted by molar-refractivity contribution is 6.33. The first kappa shape index (κ1) is 16.0. The molecule has 0 fully saturated rings. The lowest BCUT2D eigenvalue weighted by atomic mass is 10.1. The molecule has 1 heterocycles. The van der Waals surface area contributed by atoms with E-state index in [2.05, 4.69) is 5.32 Å². The molecular weight excluding hydrogens is 312 g/mol. The Bertz CT molecular complexity index is 672. The van der Waals surface area contributed by atoms with Crippen LogP contribution in [0.1, 0.15) is 28.6 Å².